The number of anilines is 1. The van der Waals surface area contributed by atoms with Gasteiger partial charge in [0.25, 0.3) is 17.5 Å². The number of carbonyl (C=O) groups is 3. The van der Waals surface area contributed by atoms with Crippen LogP contribution in [0.25, 0.3) is 22.4 Å². The van der Waals surface area contributed by atoms with Crippen molar-refractivity contribution in [3.05, 3.63) is 77.5 Å². The number of ether oxygens (including phenoxy) is 1. The number of aryl methyl sites for hydroxylation is 1. The minimum atomic E-state index is -0.546. The summed E-state index contributed by atoms with van der Waals surface area (Å²) in [6.45, 7) is 1.52. The van der Waals surface area contributed by atoms with Crippen LogP contribution in [0.4, 0.5) is 5.69 Å². The molecular weight excluding hydrogens is 424 g/mol. The average molecular weight is 444 g/mol. The number of methoxy groups -OCH3 is 1. The third kappa shape index (κ3) is 4.72. The van der Waals surface area contributed by atoms with Crippen molar-refractivity contribution in [1.29, 1.82) is 0 Å². The molecule has 0 spiro atoms. The third-order valence-corrected chi connectivity index (χ3v) is 4.96. The van der Waals surface area contributed by atoms with Gasteiger partial charge < -0.3 is 19.9 Å². The van der Waals surface area contributed by atoms with Gasteiger partial charge in [-0.25, -0.2) is 4.98 Å². The van der Waals surface area contributed by atoms with Gasteiger partial charge >= 0.3 is 5.97 Å². The smallest absolute Gasteiger partial charge is 0.325 e. The number of hydrogen-bond donors (Lipinski definition) is 2. The fourth-order valence-electron chi connectivity index (χ4n) is 3.26. The highest BCUT2D eigenvalue weighted by Gasteiger charge is 2.19. The zero-order valence-electron chi connectivity index (χ0n) is 17.9. The molecule has 166 valence electrons. The predicted octanol–water partition coefficient (Wildman–Crippen LogP) is 3.35. The Morgan fingerprint density at radius 1 is 1.00 bits per heavy atom. The first kappa shape index (κ1) is 21.7. The quantitative estimate of drug-likeness (QED) is 0.437. The van der Waals surface area contributed by atoms with Crippen LogP contribution in [0, 0.1) is 6.92 Å². The summed E-state index contributed by atoms with van der Waals surface area (Å²) >= 11 is 0. The second kappa shape index (κ2) is 9.31. The predicted molar refractivity (Wildman–Crippen MR) is 121 cm³/mol. The normalized spacial score (nSPS) is 10.6. The van der Waals surface area contributed by atoms with Crippen LogP contribution in [0.3, 0.4) is 0 Å². The van der Waals surface area contributed by atoms with Crippen molar-refractivity contribution in [2.45, 2.75) is 6.92 Å². The Morgan fingerprint density at radius 3 is 2.42 bits per heavy atom. The Bertz CT molecular complexity index is 1330. The van der Waals surface area contributed by atoms with Crippen LogP contribution in [0.15, 0.2) is 65.2 Å². The number of nitrogens with zero attached hydrogens (tertiary/aromatic N) is 2. The lowest BCUT2D eigenvalue weighted by Gasteiger charge is -2.09. The molecule has 0 aliphatic heterocycles. The molecule has 0 fully saturated rings. The number of hydrogen-bond acceptors (Lipinski definition) is 7. The highest BCUT2D eigenvalue weighted by Crippen LogP contribution is 2.27. The number of pyridine rings is 1. The molecule has 2 aromatic heterocycles. The zero-order valence-corrected chi connectivity index (χ0v) is 17.9. The van der Waals surface area contributed by atoms with Crippen LogP contribution in [0.2, 0.25) is 0 Å². The minimum absolute atomic E-state index is 0.228. The van der Waals surface area contributed by atoms with E-state index in [4.69, 9.17) is 4.52 Å². The zero-order chi connectivity index (χ0) is 23.4. The largest absolute Gasteiger partial charge is 0.468 e. The van der Waals surface area contributed by atoms with E-state index in [9.17, 15) is 14.4 Å². The van der Waals surface area contributed by atoms with E-state index in [0.29, 0.717) is 33.6 Å². The number of esters is 1. The lowest BCUT2D eigenvalue weighted by atomic mass is 10.0. The summed E-state index contributed by atoms with van der Waals surface area (Å²) in [7, 11) is 1.24. The first-order valence-electron chi connectivity index (χ1n) is 10.0. The molecule has 0 saturated heterocycles. The molecule has 2 N–H and O–H groups in total. The van der Waals surface area contributed by atoms with Crippen molar-refractivity contribution in [3.63, 3.8) is 0 Å². The van der Waals surface area contributed by atoms with E-state index < -0.39 is 11.9 Å². The molecule has 2 aromatic carbocycles. The molecule has 0 saturated carbocycles. The molecule has 4 rings (SSSR count). The third-order valence-electron chi connectivity index (χ3n) is 4.96. The highest BCUT2D eigenvalue weighted by molar-refractivity contribution is 6.13. The van der Waals surface area contributed by atoms with Gasteiger partial charge in [-0.1, -0.05) is 35.5 Å². The monoisotopic (exact) mass is 444 g/mol. The molecule has 33 heavy (non-hydrogen) atoms. The molecule has 0 radical (unpaired) electrons. The summed E-state index contributed by atoms with van der Waals surface area (Å²) in [4.78, 5) is 40.9. The van der Waals surface area contributed by atoms with E-state index in [0.717, 1.165) is 5.56 Å². The fourth-order valence-corrected chi connectivity index (χ4v) is 3.26. The summed E-state index contributed by atoms with van der Waals surface area (Å²) in [5.41, 5.74) is 3.45. The molecule has 2 heterocycles. The number of carbonyl (C=O) groups excluding carboxylic acids is 3. The number of aromatic nitrogens is 2. The molecule has 0 aliphatic carbocycles. The van der Waals surface area contributed by atoms with Crippen molar-refractivity contribution in [2.75, 3.05) is 19.0 Å². The number of amides is 2. The standard InChI is InChI=1S/C24H20N4O5/c1-14-21-18(12-19(27-24(21)33-28-14)15-6-4-3-5-7-15)23(31)26-17-10-8-16(9-11-17)22(30)25-13-20(29)32-2/h3-12H,13H2,1-2H3,(H,25,30)(H,26,31). The minimum Gasteiger partial charge on any atom is -0.468 e. The second-order valence-corrected chi connectivity index (χ2v) is 7.16. The van der Waals surface area contributed by atoms with Gasteiger partial charge in [-0.3, -0.25) is 14.4 Å². The van der Waals surface area contributed by atoms with Crippen LogP contribution < -0.4 is 10.6 Å². The van der Waals surface area contributed by atoms with Gasteiger partial charge in [0.2, 0.25) is 0 Å². The van der Waals surface area contributed by atoms with Crippen LogP contribution in [0.1, 0.15) is 26.4 Å². The average Bonchev–Trinajstić information content (AvgIpc) is 3.23. The number of benzene rings is 2. The molecule has 9 heteroatoms. The molecule has 4 aromatic rings. The Kier molecular flexibility index (Phi) is 6.12. The van der Waals surface area contributed by atoms with Gasteiger partial charge in [0, 0.05) is 16.8 Å². The molecule has 0 aliphatic rings. The van der Waals surface area contributed by atoms with Gasteiger partial charge in [-0.15, -0.1) is 0 Å². The van der Waals surface area contributed by atoms with Gasteiger partial charge in [-0.05, 0) is 37.3 Å². The van der Waals surface area contributed by atoms with Crippen molar-refractivity contribution in [2.24, 2.45) is 0 Å². The molecular formula is C24H20N4O5. The van der Waals surface area contributed by atoms with E-state index in [1.165, 1.54) is 7.11 Å². The molecule has 0 bridgehead atoms. The maximum Gasteiger partial charge on any atom is 0.325 e. The molecule has 2 amide bonds. The first-order chi connectivity index (χ1) is 16.0. The molecule has 9 nitrogen and oxygen atoms in total. The van der Waals surface area contributed by atoms with Crippen LogP contribution >= 0.6 is 0 Å². The summed E-state index contributed by atoms with van der Waals surface area (Å²) in [5, 5.41) is 9.77. The maximum absolute atomic E-state index is 13.2. The van der Waals surface area contributed by atoms with Crippen LogP contribution in [0.5, 0.6) is 0 Å². The number of rotatable bonds is 6. The van der Waals surface area contributed by atoms with E-state index in [1.807, 2.05) is 30.3 Å². The Morgan fingerprint density at radius 2 is 1.73 bits per heavy atom. The first-order valence-corrected chi connectivity index (χ1v) is 10.0. The van der Waals surface area contributed by atoms with Crippen molar-refractivity contribution in [3.8, 4) is 11.3 Å². The van der Waals surface area contributed by atoms with E-state index in [2.05, 4.69) is 25.5 Å². The Balaban J connectivity index is 1.57. The van der Waals surface area contributed by atoms with Gasteiger partial charge in [0.1, 0.15) is 6.54 Å². The molecule has 0 atom stereocenters. The van der Waals surface area contributed by atoms with Crippen LogP contribution in [-0.2, 0) is 9.53 Å². The topological polar surface area (TPSA) is 123 Å². The SMILES string of the molecule is COC(=O)CNC(=O)c1ccc(NC(=O)c2cc(-c3ccccc3)nc3onc(C)c23)cc1. The van der Waals surface area contributed by atoms with Crippen molar-refractivity contribution < 1.29 is 23.6 Å². The van der Waals surface area contributed by atoms with Crippen molar-refractivity contribution >= 4 is 34.6 Å². The Hall–Kier alpha value is -4.53. The van der Waals surface area contributed by atoms with E-state index >= 15 is 0 Å². The maximum atomic E-state index is 13.2. The van der Waals surface area contributed by atoms with Gasteiger partial charge in [0.15, 0.2) is 0 Å². The summed E-state index contributed by atoms with van der Waals surface area (Å²) in [5.74, 6) is -1.34. The fraction of sp³-hybridized carbons (Fsp3) is 0.125. The lowest BCUT2D eigenvalue weighted by molar-refractivity contribution is -0.139. The van der Waals surface area contributed by atoms with Crippen LogP contribution in [-0.4, -0.2) is 41.6 Å². The number of nitrogens with one attached hydrogen (secondary N) is 2. The second-order valence-electron chi connectivity index (χ2n) is 7.16. The summed E-state index contributed by atoms with van der Waals surface area (Å²) in [6, 6.07) is 17.4. The summed E-state index contributed by atoms with van der Waals surface area (Å²) < 4.78 is 9.82. The summed E-state index contributed by atoms with van der Waals surface area (Å²) in [6.07, 6.45) is 0. The van der Waals surface area contributed by atoms with Crippen molar-refractivity contribution in [1.82, 2.24) is 15.5 Å². The number of fused-ring (bicyclic) bond motifs is 1. The highest BCUT2D eigenvalue weighted by atomic mass is 16.5. The molecule has 0 unspecified atom stereocenters. The van der Waals surface area contributed by atoms with Gasteiger partial charge in [-0.2, -0.15) is 0 Å². The van der Waals surface area contributed by atoms with E-state index in [-0.39, 0.29) is 18.2 Å². The van der Waals surface area contributed by atoms with Gasteiger partial charge in [0.05, 0.1) is 29.4 Å². The lowest BCUT2D eigenvalue weighted by Crippen LogP contribution is -2.30. The Labute approximate surface area is 188 Å². The van der Waals surface area contributed by atoms with E-state index in [1.54, 1.807) is 37.3 Å².